The Balaban J connectivity index is 2.02. The van der Waals surface area contributed by atoms with Gasteiger partial charge in [0.05, 0.1) is 0 Å². The van der Waals surface area contributed by atoms with Gasteiger partial charge in [-0.25, -0.2) is 0 Å². The van der Waals surface area contributed by atoms with E-state index in [0.29, 0.717) is 5.92 Å². The maximum Gasteiger partial charge on any atom is 0.150 e. The maximum absolute atomic E-state index is 11.2. The highest BCUT2D eigenvalue weighted by molar-refractivity contribution is 6.01. The van der Waals surface area contributed by atoms with Crippen molar-refractivity contribution in [1.82, 2.24) is 0 Å². The number of benzene rings is 2. The van der Waals surface area contributed by atoms with Crippen LogP contribution in [0.1, 0.15) is 68.3 Å². The van der Waals surface area contributed by atoms with Gasteiger partial charge in [0.2, 0.25) is 0 Å². The second kappa shape index (κ2) is 9.29. The molecule has 1 nitrogen and oxygen atoms in total. The van der Waals surface area contributed by atoms with Crippen LogP contribution in [-0.4, -0.2) is 6.29 Å². The Bertz CT molecular complexity index is 654. The average Bonchev–Trinajstić information content (AvgIpc) is 2.59. The van der Waals surface area contributed by atoms with E-state index in [-0.39, 0.29) is 0 Å². The Hall–Kier alpha value is -1.89. The fraction of sp³-hybridized carbons (Fsp3) is 0.409. The zero-order valence-corrected chi connectivity index (χ0v) is 14.4. The summed E-state index contributed by atoms with van der Waals surface area (Å²) >= 11 is 0. The van der Waals surface area contributed by atoms with Crippen LogP contribution < -0.4 is 0 Å². The quantitative estimate of drug-likeness (QED) is 0.374. The molecule has 0 aliphatic rings. The Morgan fingerprint density at radius 2 is 1.57 bits per heavy atom. The molecule has 2 aromatic rings. The number of rotatable bonds is 9. The van der Waals surface area contributed by atoms with Crippen LogP contribution >= 0.6 is 0 Å². The third kappa shape index (κ3) is 5.06. The zero-order valence-electron chi connectivity index (χ0n) is 14.4. The Morgan fingerprint density at radius 1 is 0.913 bits per heavy atom. The Labute approximate surface area is 140 Å². The molecule has 1 atom stereocenters. The van der Waals surface area contributed by atoms with Crippen molar-refractivity contribution >= 4 is 23.1 Å². The van der Waals surface area contributed by atoms with Crippen molar-refractivity contribution in [3.05, 3.63) is 53.6 Å². The van der Waals surface area contributed by atoms with Crippen LogP contribution in [0.2, 0.25) is 0 Å². The summed E-state index contributed by atoms with van der Waals surface area (Å²) in [7, 11) is 0. The van der Waals surface area contributed by atoms with E-state index in [1.165, 1.54) is 44.1 Å². The molecule has 2 rings (SSSR count). The molecule has 0 saturated carbocycles. The number of carbonyl (C=O) groups is 1. The number of aldehydes is 1. The average molecular weight is 308 g/mol. The lowest BCUT2D eigenvalue weighted by molar-refractivity contribution is 0.112. The highest BCUT2D eigenvalue weighted by Gasteiger charge is 2.04. The number of carbonyl (C=O) groups excluding carboxylic acids is 1. The number of unbranched alkanes of at least 4 members (excludes halogenated alkanes) is 4. The topological polar surface area (TPSA) is 17.1 Å². The van der Waals surface area contributed by atoms with Crippen molar-refractivity contribution < 1.29 is 4.79 Å². The molecule has 1 heteroatoms. The maximum atomic E-state index is 11.2. The fourth-order valence-corrected chi connectivity index (χ4v) is 3.03. The summed E-state index contributed by atoms with van der Waals surface area (Å²) in [6, 6.07) is 12.1. The normalized spacial score (nSPS) is 12.8. The first-order chi connectivity index (χ1) is 11.3. The van der Waals surface area contributed by atoms with Crippen LogP contribution in [0.5, 0.6) is 0 Å². The van der Waals surface area contributed by atoms with E-state index in [0.717, 1.165) is 22.6 Å². The van der Waals surface area contributed by atoms with Crippen LogP contribution in [0, 0.1) is 5.92 Å². The predicted octanol–water partition coefficient (Wildman–Crippen LogP) is 6.66. The molecule has 0 aliphatic carbocycles. The van der Waals surface area contributed by atoms with Gasteiger partial charge in [-0.3, -0.25) is 4.79 Å². The number of fused-ring (bicyclic) bond motifs is 1. The molecule has 0 bridgehead atoms. The molecule has 23 heavy (non-hydrogen) atoms. The summed E-state index contributed by atoms with van der Waals surface area (Å²) in [5.41, 5.74) is 1.96. The SMILES string of the molecule is CCCCCCCC(C)C=Cc1ccc(C=O)c2ccccc12. The third-order valence-electron chi connectivity index (χ3n) is 4.49. The molecule has 0 aromatic heterocycles. The minimum atomic E-state index is 0.598. The van der Waals surface area contributed by atoms with E-state index in [4.69, 9.17) is 0 Å². The monoisotopic (exact) mass is 308 g/mol. The van der Waals surface area contributed by atoms with Gasteiger partial charge >= 0.3 is 0 Å². The van der Waals surface area contributed by atoms with Crippen LogP contribution in [-0.2, 0) is 0 Å². The molecule has 0 spiro atoms. The summed E-state index contributed by atoms with van der Waals surface area (Å²) in [5.74, 6) is 0.598. The van der Waals surface area contributed by atoms with Gasteiger partial charge in [-0.2, -0.15) is 0 Å². The minimum absolute atomic E-state index is 0.598. The first kappa shape index (κ1) is 17.5. The van der Waals surface area contributed by atoms with Gasteiger partial charge in [-0.1, -0.05) is 94.5 Å². The lowest BCUT2D eigenvalue weighted by atomic mass is 9.97. The van der Waals surface area contributed by atoms with Crippen molar-refractivity contribution in [2.45, 2.75) is 52.4 Å². The van der Waals surface area contributed by atoms with Crippen molar-refractivity contribution in [1.29, 1.82) is 0 Å². The summed E-state index contributed by atoms with van der Waals surface area (Å²) in [4.78, 5) is 11.2. The first-order valence-corrected chi connectivity index (χ1v) is 8.91. The van der Waals surface area contributed by atoms with Crippen molar-refractivity contribution in [2.75, 3.05) is 0 Å². The van der Waals surface area contributed by atoms with Crippen molar-refractivity contribution in [2.24, 2.45) is 5.92 Å². The second-order valence-corrected chi connectivity index (χ2v) is 6.45. The molecule has 0 aliphatic heterocycles. The van der Waals surface area contributed by atoms with Crippen molar-refractivity contribution in [3.8, 4) is 0 Å². The number of hydrogen-bond donors (Lipinski definition) is 0. The van der Waals surface area contributed by atoms with E-state index in [1.807, 2.05) is 24.3 Å². The Morgan fingerprint density at radius 3 is 2.26 bits per heavy atom. The molecule has 0 saturated heterocycles. The van der Waals surface area contributed by atoms with Crippen LogP contribution in [0.3, 0.4) is 0 Å². The van der Waals surface area contributed by atoms with E-state index in [1.54, 1.807) is 0 Å². The van der Waals surface area contributed by atoms with E-state index >= 15 is 0 Å². The first-order valence-electron chi connectivity index (χ1n) is 8.91. The molecule has 0 N–H and O–H groups in total. The van der Waals surface area contributed by atoms with Crippen molar-refractivity contribution in [3.63, 3.8) is 0 Å². The Kier molecular flexibility index (Phi) is 7.06. The minimum Gasteiger partial charge on any atom is -0.298 e. The van der Waals surface area contributed by atoms with E-state index in [9.17, 15) is 4.79 Å². The van der Waals surface area contributed by atoms with Gasteiger partial charge in [-0.05, 0) is 28.7 Å². The lowest BCUT2D eigenvalue weighted by Crippen LogP contribution is -1.91. The molecular weight excluding hydrogens is 280 g/mol. The summed E-state index contributed by atoms with van der Waals surface area (Å²) in [6.07, 6.45) is 13.4. The van der Waals surface area contributed by atoms with Crippen LogP contribution in [0.25, 0.3) is 16.8 Å². The van der Waals surface area contributed by atoms with Gasteiger partial charge in [0.15, 0.2) is 6.29 Å². The van der Waals surface area contributed by atoms with Gasteiger partial charge in [0.25, 0.3) is 0 Å². The molecule has 2 aromatic carbocycles. The summed E-state index contributed by atoms with van der Waals surface area (Å²) in [6.45, 7) is 4.55. The molecule has 0 radical (unpaired) electrons. The van der Waals surface area contributed by atoms with E-state index < -0.39 is 0 Å². The number of hydrogen-bond acceptors (Lipinski definition) is 1. The largest absolute Gasteiger partial charge is 0.298 e. The van der Waals surface area contributed by atoms with Gasteiger partial charge in [0.1, 0.15) is 0 Å². The predicted molar refractivity (Wildman–Crippen MR) is 101 cm³/mol. The summed E-state index contributed by atoms with van der Waals surface area (Å²) in [5, 5.41) is 2.19. The molecule has 1 unspecified atom stereocenters. The number of allylic oxidation sites excluding steroid dienone is 1. The zero-order chi connectivity index (χ0) is 16.5. The van der Waals surface area contributed by atoms with E-state index in [2.05, 4.69) is 38.1 Å². The third-order valence-corrected chi connectivity index (χ3v) is 4.49. The fourth-order valence-electron chi connectivity index (χ4n) is 3.03. The molecule has 0 fully saturated rings. The smallest absolute Gasteiger partial charge is 0.150 e. The highest BCUT2D eigenvalue weighted by Crippen LogP contribution is 2.24. The van der Waals surface area contributed by atoms with Gasteiger partial charge < -0.3 is 0 Å². The van der Waals surface area contributed by atoms with Crippen LogP contribution in [0.4, 0.5) is 0 Å². The van der Waals surface area contributed by atoms with Crippen LogP contribution in [0.15, 0.2) is 42.5 Å². The lowest BCUT2D eigenvalue weighted by Gasteiger charge is -2.08. The van der Waals surface area contributed by atoms with Gasteiger partial charge in [0, 0.05) is 5.56 Å². The molecular formula is C22H28O. The summed E-state index contributed by atoms with van der Waals surface area (Å²) < 4.78 is 0. The molecule has 122 valence electrons. The molecule has 0 amide bonds. The van der Waals surface area contributed by atoms with Gasteiger partial charge in [-0.15, -0.1) is 0 Å². The standard InChI is InChI=1S/C22H28O/c1-3-4-5-6-7-10-18(2)13-14-19-15-16-20(17-23)22-12-9-8-11-21(19)22/h8-9,11-18H,3-7,10H2,1-2H3. The molecule has 0 heterocycles. The highest BCUT2D eigenvalue weighted by atomic mass is 16.1. The second-order valence-electron chi connectivity index (χ2n) is 6.45.